The zero-order chi connectivity index (χ0) is 16.4. The van der Waals surface area contributed by atoms with Gasteiger partial charge in [-0.1, -0.05) is 17.7 Å². The van der Waals surface area contributed by atoms with Gasteiger partial charge >= 0.3 is 6.03 Å². The van der Waals surface area contributed by atoms with Gasteiger partial charge in [0.15, 0.2) is 0 Å². The van der Waals surface area contributed by atoms with Gasteiger partial charge in [-0.2, -0.15) is 0 Å². The maximum Gasteiger partial charge on any atom is 0.314 e. The highest BCUT2D eigenvalue weighted by Crippen LogP contribution is 2.11. The fourth-order valence-corrected chi connectivity index (χ4v) is 1.67. The summed E-state index contributed by atoms with van der Waals surface area (Å²) in [5.74, 6) is 0.823. The van der Waals surface area contributed by atoms with E-state index in [2.05, 4.69) is 10.6 Å². The topological polar surface area (TPSA) is 70.7 Å². The SMILES string of the molecule is Cc1ccc(OCCCNC(=O)NCCC(=O)N(C)C)cc1. The highest BCUT2D eigenvalue weighted by Gasteiger charge is 2.04. The van der Waals surface area contributed by atoms with E-state index in [4.69, 9.17) is 4.74 Å². The van der Waals surface area contributed by atoms with Crippen LogP contribution < -0.4 is 15.4 Å². The lowest BCUT2D eigenvalue weighted by molar-refractivity contribution is -0.128. The van der Waals surface area contributed by atoms with Crippen LogP contribution in [0.25, 0.3) is 0 Å². The lowest BCUT2D eigenvalue weighted by Crippen LogP contribution is -2.38. The summed E-state index contributed by atoms with van der Waals surface area (Å²) in [6.07, 6.45) is 1.02. The number of aryl methyl sites for hydroxylation is 1. The van der Waals surface area contributed by atoms with Gasteiger partial charge in [0.25, 0.3) is 0 Å². The molecule has 2 N–H and O–H groups in total. The first-order valence-corrected chi connectivity index (χ1v) is 7.40. The first-order valence-electron chi connectivity index (χ1n) is 7.40. The van der Waals surface area contributed by atoms with Gasteiger partial charge in [0.05, 0.1) is 6.61 Å². The van der Waals surface area contributed by atoms with E-state index in [1.54, 1.807) is 14.1 Å². The van der Waals surface area contributed by atoms with Crippen LogP contribution in [0.4, 0.5) is 4.79 Å². The largest absolute Gasteiger partial charge is 0.494 e. The Morgan fingerprint density at radius 2 is 1.73 bits per heavy atom. The van der Waals surface area contributed by atoms with Crippen molar-refractivity contribution in [2.24, 2.45) is 0 Å². The Morgan fingerprint density at radius 3 is 2.36 bits per heavy atom. The van der Waals surface area contributed by atoms with Crippen LogP contribution >= 0.6 is 0 Å². The normalized spacial score (nSPS) is 9.95. The van der Waals surface area contributed by atoms with Crippen molar-refractivity contribution >= 4 is 11.9 Å². The number of ether oxygens (including phenoxy) is 1. The second-order valence-corrected chi connectivity index (χ2v) is 5.24. The molecule has 6 nitrogen and oxygen atoms in total. The van der Waals surface area contributed by atoms with Gasteiger partial charge < -0.3 is 20.3 Å². The molecule has 22 heavy (non-hydrogen) atoms. The number of urea groups is 1. The lowest BCUT2D eigenvalue weighted by Gasteiger charge is -2.11. The predicted molar refractivity (Wildman–Crippen MR) is 86.0 cm³/mol. The fraction of sp³-hybridized carbons (Fsp3) is 0.500. The highest BCUT2D eigenvalue weighted by molar-refractivity contribution is 5.77. The molecule has 0 unspecified atom stereocenters. The van der Waals surface area contributed by atoms with Gasteiger partial charge in [-0.25, -0.2) is 4.79 Å². The van der Waals surface area contributed by atoms with E-state index in [1.165, 1.54) is 10.5 Å². The fourth-order valence-electron chi connectivity index (χ4n) is 1.67. The Morgan fingerprint density at radius 1 is 1.09 bits per heavy atom. The van der Waals surface area contributed by atoms with Crippen molar-refractivity contribution in [2.45, 2.75) is 19.8 Å². The first kappa shape index (κ1) is 17.8. The number of benzene rings is 1. The zero-order valence-electron chi connectivity index (χ0n) is 13.5. The van der Waals surface area contributed by atoms with Gasteiger partial charge in [0.2, 0.25) is 5.91 Å². The molecule has 0 saturated carbocycles. The van der Waals surface area contributed by atoms with Gasteiger partial charge in [0.1, 0.15) is 5.75 Å². The van der Waals surface area contributed by atoms with Gasteiger partial charge in [-0.15, -0.1) is 0 Å². The maximum absolute atomic E-state index is 11.5. The van der Waals surface area contributed by atoms with Crippen molar-refractivity contribution in [1.82, 2.24) is 15.5 Å². The number of carbonyl (C=O) groups excluding carboxylic acids is 2. The van der Waals surface area contributed by atoms with Crippen LogP contribution in [0.3, 0.4) is 0 Å². The number of carbonyl (C=O) groups is 2. The minimum Gasteiger partial charge on any atom is -0.494 e. The van der Waals surface area contributed by atoms with Crippen molar-refractivity contribution in [3.63, 3.8) is 0 Å². The van der Waals surface area contributed by atoms with Crippen LogP contribution in [-0.2, 0) is 4.79 Å². The van der Waals surface area contributed by atoms with Crippen LogP contribution in [0.5, 0.6) is 5.75 Å². The molecule has 0 radical (unpaired) electrons. The van der Waals surface area contributed by atoms with Crippen molar-refractivity contribution in [3.05, 3.63) is 29.8 Å². The van der Waals surface area contributed by atoms with E-state index < -0.39 is 0 Å². The number of nitrogens with zero attached hydrogens (tertiary/aromatic N) is 1. The van der Waals surface area contributed by atoms with E-state index >= 15 is 0 Å². The van der Waals surface area contributed by atoms with Gasteiger partial charge in [-0.3, -0.25) is 4.79 Å². The summed E-state index contributed by atoms with van der Waals surface area (Å²) in [5.41, 5.74) is 1.19. The van der Waals surface area contributed by atoms with E-state index in [0.717, 1.165) is 12.2 Å². The summed E-state index contributed by atoms with van der Waals surface area (Å²) in [6, 6.07) is 7.59. The number of amides is 3. The summed E-state index contributed by atoms with van der Waals surface area (Å²) in [5, 5.41) is 5.37. The van der Waals surface area contributed by atoms with E-state index in [1.807, 2.05) is 31.2 Å². The number of hydrogen-bond acceptors (Lipinski definition) is 3. The molecule has 0 aliphatic heterocycles. The van der Waals surface area contributed by atoms with Gasteiger partial charge in [-0.05, 0) is 25.5 Å². The Kier molecular flexibility index (Phi) is 7.81. The molecule has 0 fully saturated rings. The Labute approximate surface area is 131 Å². The monoisotopic (exact) mass is 307 g/mol. The average Bonchev–Trinajstić information content (AvgIpc) is 2.48. The highest BCUT2D eigenvalue weighted by atomic mass is 16.5. The lowest BCUT2D eigenvalue weighted by atomic mass is 10.2. The Bertz CT molecular complexity index is 472. The zero-order valence-corrected chi connectivity index (χ0v) is 13.5. The number of rotatable bonds is 8. The van der Waals surface area contributed by atoms with E-state index in [0.29, 0.717) is 26.1 Å². The van der Waals surface area contributed by atoms with Crippen LogP contribution in [0.2, 0.25) is 0 Å². The van der Waals surface area contributed by atoms with E-state index in [-0.39, 0.29) is 11.9 Å². The van der Waals surface area contributed by atoms with Crippen molar-refractivity contribution < 1.29 is 14.3 Å². The minimum absolute atomic E-state index is 0.00759. The summed E-state index contributed by atoms with van der Waals surface area (Å²) in [7, 11) is 3.38. The molecule has 0 aliphatic rings. The summed E-state index contributed by atoms with van der Waals surface area (Å²) in [6.45, 7) is 3.43. The average molecular weight is 307 g/mol. The van der Waals surface area contributed by atoms with Crippen LogP contribution in [0.15, 0.2) is 24.3 Å². The molecular formula is C16H25N3O3. The third kappa shape index (κ3) is 7.52. The minimum atomic E-state index is -0.262. The third-order valence-electron chi connectivity index (χ3n) is 3.02. The second kappa shape index (κ2) is 9.65. The van der Waals surface area contributed by atoms with Crippen molar-refractivity contribution in [2.75, 3.05) is 33.8 Å². The number of hydrogen-bond donors (Lipinski definition) is 2. The quantitative estimate of drug-likeness (QED) is 0.716. The molecule has 0 bridgehead atoms. The van der Waals surface area contributed by atoms with Crippen LogP contribution in [0, 0.1) is 6.92 Å². The molecule has 3 amide bonds. The predicted octanol–water partition coefficient (Wildman–Crippen LogP) is 1.54. The maximum atomic E-state index is 11.5. The molecule has 0 saturated heterocycles. The molecular weight excluding hydrogens is 282 g/mol. The van der Waals surface area contributed by atoms with Crippen molar-refractivity contribution in [3.8, 4) is 5.75 Å². The van der Waals surface area contributed by atoms with Crippen molar-refractivity contribution in [1.29, 1.82) is 0 Å². The molecule has 0 aromatic heterocycles. The molecule has 1 rings (SSSR count). The van der Waals surface area contributed by atoms with E-state index in [9.17, 15) is 9.59 Å². The van der Waals surface area contributed by atoms with Crippen LogP contribution in [0.1, 0.15) is 18.4 Å². The van der Waals surface area contributed by atoms with Gasteiger partial charge in [0, 0.05) is 33.6 Å². The number of nitrogens with one attached hydrogen (secondary N) is 2. The first-order chi connectivity index (χ1) is 10.5. The third-order valence-corrected chi connectivity index (χ3v) is 3.02. The molecule has 0 atom stereocenters. The second-order valence-electron chi connectivity index (χ2n) is 5.24. The molecule has 0 aliphatic carbocycles. The molecule has 1 aromatic rings. The standard InChI is InChI=1S/C16H25N3O3/c1-13-5-7-14(8-6-13)22-12-4-10-17-16(21)18-11-9-15(20)19(2)3/h5-8H,4,9-12H2,1-3H3,(H2,17,18,21). The molecule has 0 heterocycles. The molecule has 122 valence electrons. The smallest absolute Gasteiger partial charge is 0.314 e. The summed E-state index contributed by atoms with van der Waals surface area (Å²) >= 11 is 0. The molecule has 1 aromatic carbocycles. The van der Waals surface area contributed by atoms with Crippen LogP contribution in [-0.4, -0.2) is 50.6 Å². The molecule has 0 spiro atoms. The Hall–Kier alpha value is -2.24. The Balaban J connectivity index is 2.03. The molecule has 6 heteroatoms. The summed E-state index contributed by atoms with van der Waals surface area (Å²) < 4.78 is 5.56. The summed E-state index contributed by atoms with van der Waals surface area (Å²) in [4.78, 5) is 24.3.